The van der Waals surface area contributed by atoms with Crippen LogP contribution in [0.1, 0.15) is 21.5 Å². The van der Waals surface area contributed by atoms with Gasteiger partial charge in [-0.2, -0.15) is 0 Å². The first-order valence-electron chi connectivity index (χ1n) is 5.54. The molecule has 1 aromatic carbocycles. The van der Waals surface area contributed by atoms with E-state index in [2.05, 4.69) is 4.98 Å². The Morgan fingerprint density at radius 3 is 2.11 bits per heavy atom. The molecule has 2 rings (SSSR count). The number of hydrogen-bond donors (Lipinski definition) is 1. The van der Waals surface area contributed by atoms with Crippen molar-refractivity contribution in [2.45, 2.75) is 13.2 Å². The van der Waals surface area contributed by atoms with E-state index in [4.69, 9.17) is 9.84 Å². The molecular weight excluding hydrogens is 230 g/mol. The Bertz CT molecular complexity index is 508. The van der Waals surface area contributed by atoms with Gasteiger partial charge in [-0.3, -0.25) is 4.98 Å². The number of hydrogen-bond acceptors (Lipinski definition) is 3. The highest BCUT2D eigenvalue weighted by molar-refractivity contribution is 5.87. The number of aromatic nitrogens is 1. The monoisotopic (exact) mass is 243 g/mol. The fraction of sp³-hybridized carbons (Fsp3) is 0.143. The number of pyridine rings is 1. The number of rotatable bonds is 5. The Balaban J connectivity index is 1.85. The first-order valence-corrected chi connectivity index (χ1v) is 5.54. The minimum absolute atomic E-state index is 0.285. The molecule has 0 unspecified atom stereocenters. The Hall–Kier alpha value is -2.20. The molecule has 4 heteroatoms. The van der Waals surface area contributed by atoms with E-state index in [1.807, 2.05) is 12.1 Å². The molecule has 18 heavy (non-hydrogen) atoms. The van der Waals surface area contributed by atoms with Crippen molar-refractivity contribution in [3.8, 4) is 0 Å². The minimum atomic E-state index is -0.917. The van der Waals surface area contributed by atoms with Crippen LogP contribution < -0.4 is 0 Å². The molecule has 0 atom stereocenters. The summed E-state index contributed by atoms with van der Waals surface area (Å²) in [6.07, 6.45) is 3.45. The third-order valence-corrected chi connectivity index (χ3v) is 2.49. The molecule has 0 radical (unpaired) electrons. The molecular formula is C14H13NO3. The molecule has 4 nitrogen and oxygen atoms in total. The summed E-state index contributed by atoms with van der Waals surface area (Å²) in [5, 5.41) is 8.76. The van der Waals surface area contributed by atoms with E-state index >= 15 is 0 Å². The summed E-state index contributed by atoms with van der Waals surface area (Å²) in [5.41, 5.74) is 2.30. The quantitative estimate of drug-likeness (QED) is 0.876. The van der Waals surface area contributed by atoms with Crippen LogP contribution in [0.2, 0.25) is 0 Å². The lowest BCUT2D eigenvalue weighted by molar-refractivity contribution is 0.0696. The zero-order valence-electron chi connectivity index (χ0n) is 9.74. The van der Waals surface area contributed by atoms with E-state index in [1.54, 1.807) is 36.7 Å². The van der Waals surface area contributed by atoms with Gasteiger partial charge in [0.05, 0.1) is 18.8 Å². The normalized spacial score (nSPS) is 10.2. The van der Waals surface area contributed by atoms with E-state index in [0.29, 0.717) is 13.2 Å². The van der Waals surface area contributed by atoms with Gasteiger partial charge in [-0.1, -0.05) is 12.1 Å². The highest BCUT2D eigenvalue weighted by Gasteiger charge is 2.01. The number of nitrogens with zero attached hydrogens (tertiary/aromatic N) is 1. The molecule has 1 N–H and O–H groups in total. The first-order chi connectivity index (χ1) is 8.75. The number of benzene rings is 1. The van der Waals surface area contributed by atoms with Gasteiger partial charge in [0.25, 0.3) is 0 Å². The maximum Gasteiger partial charge on any atom is 0.335 e. The highest BCUT2D eigenvalue weighted by Crippen LogP contribution is 2.07. The summed E-state index contributed by atoms with van der Waals surface area (Å²) in [6, 6.07) is 10.5. The molecule has 1 heterocycles. The van der Waals surface area contributed by atoms with E-state index in [-0.39, 0.29) is 5.56 Å². The van der Waals surface area contributed by atoms with Gasteiger partial charge in [0.15, 0.2) is 0 Å². The van der Waals surface area contributed by atoms with Crippen molar-refractivity contribution < 1.29 is 14.6 Å². The predicted molar refractivity (Wildman–Crippen MR) is 66.1 cm³/mol. The van der Waals surface area contributed by atoms with Gasteiger partial charge in [0, 0.05) is 12.4 Å². The Morgan fingerprint density at radius 2 is 1.56 bits per heavy atom. The SMILES string of the molecule is O=C(O)c1ccc(COCc2ccncc2)cc1. The van der Waals surface area contributed by atoms with Gasteiger partial charge >= 0.3 is 5.97 Å². The lowest BCUT2D eigenvalue weighted by Crippen LogP contribution is -1.98. The smallest absolute Gasteiger partial charge is 0.335 e. The summed E-state index contributed by atoms with van der Waals surface area (Å²) in [6.45, 7) is 0.978. The zero-order chi connectivity index (χ0) is 12.8. The largest absolute Gasteiger partial charge is 0.478 e. The topological polar surface area (TPSA) is 59.4 Å². The number of carbonyl (C=O) groups is 1. The second-order valence-electron chi connectivity index (χ2n) is 3.85. The predicted octanol–water partition coefficient (Wildman–Crippen LogP) is 2.50. The Morgan fingerprint density at radius 1 is 1.00 bits per heavy atom. The second kappa shape index (κ2) is 5.93. The fourth-order valence-electron chi connectivity index (χ4n) is 1.51. The van der Waals surface area contributed by atoms with Crippen LogP contribution in [0.5, 0.6) is 0 Å². The molecule has 0 saturated carbocycles. The molecule has 0 fully saturated rings. The number of ether oxygens (including phenoxy) is 1. The van der Waals surface area contributed by atoms with Crippen LogP contribution in [0.15, 0.2) is 48.8 Å². The van der Waals surface area contributed by atoms with Crippen molar-refractivity contribution in [3.63, 3.8) is 0 Å². The first kappa shape index (κ1) is 12.3. The fourth-order valence-corrected chi connectivity index (χ4v) is 1.51. The van der Waals surface area contributed by atoms with Crippen LogP contribution in [0.3, 0.4) is 0 Å². The van der Waals surface area contributed by atoms with Gasteiger partial charge in [-0.15, -0.1) is 0 Å². The average Bonchev–Trinajstić information content (AvgIpc) is 2.40. The summed E-state index contributed by atoms with van der Waals surface area (Å²) < 4.78 is 5.53. The minimum Gasteiger partial charge on any atom is -0.478 e. The summed E-state index contributed by atoms with van der Waals surface area (Å²) in [5.74, 6) is -0.917. The van der Waals surface area contributed by atoms with Crippen molar-refractivity contribution in [1.29, 1.82) is 0 Å². The third-order valence-electron chi connectivity index (χ3n) is 2.49. The maximum absolute atomic E-state index is 10.7. The van der Waals surface area contributed by atoms with Gasteiger partial charge in [0.1, 0.15) is 0 Å². The maximum atomic E-state index is 10.7. The van der Waals surface area contributed by atoms with E-state index < -0.39 is 5.97 Å². The second-order valence-corrected chi connectivity index (χ2v) is 3.85. The number of carboxylic acids is 1. The van der Waals surface area contributed by atoms with Gasteiger partial charge in [-0.25, -0.2) is 4.79 Å². The Labute approximate surface area is 105 Å². The summed E-state index contributed by atoms with van der Waals surface area (Å²) >= 11 is 0. The molecule has 0 amide bonds. The van der Waals surface area contributed by atoms with Crippen molar-refractivity contribution in [1.82, 2.24) is 4.98 Å². The summed E-state index contributed by atoms with van der Waals surface area (Å²) in [4.78, 5) is 14.6. The molecule has 0 aliphatic carbocycles. The number of aromatic carboxylic acids is 1. The molecule has 0 spiro atoms. The van der Waals surface area contributed by atoms with Crippen LogP contribution in [0.25, 0.3) is 0 Å². The van der Waals surface area contributed by atoms with Gasteiger partial charge in [-0.05, 0) is 35.4 Å². The lowest BCUT2D eigenvalue weighted by atomic mass is 10.1. The lowest BCUT2D eigenvalue weighted by Gasteiger charge is -2.04. The summed E-state index contributed by atoms with van der Waals surface area (Å²) in [7, 11) is 0. The van der Waals surface area contributed by atoms with Crippen molar-refractivity contribution in [2.24, 2.45) is 0 Å². The molecule has 1 aromatic heterocycles. The zero-order valence-corrected chi connectivity index (χ0v) is 9.74. The molecule has 0 bridgehead atoms. The molecule has 0 saturated heterocycles. The van der Waals surface area contributed by atoms with Crippen molar-refractivity contribution in [2.75, 3.05) is 0 Å². The van der Waals surface area contributed by atoms with Crippen molar-refractivity contribution in [3.05, 3.63) is 65.5 Å². The van der Waals surface area contributed by atoms with Crippen LogP contribution in [-0.2, 0) is 18.0 Å². The molecule has 92 valence electrons. The van der Waals surface area contributed by atoms with Crippen LogP contribution in [-0.4, -0.2) is 16.1 Å². The van der Waals surface area contributed by atoms with Gasteiger partial charge < -0.3 is 9.84 Å². The average molecular weight is 243 g/mol. The third kappa shape index (κ3) is 3.40. The van der Waals surface area contributed by atoms with Gasteiger partial charge in [0.2, 0.25) is 0 Å². The van der Waals surface area contributed by atoms with E-state index in [0.717, 1.165) is 11.1 Å². The molecule has 0 aliphatic heterocycles. The van der Waals surface area contributed by atoms with Crippen LogP contribution in [0.4, 0.5) is 0 Å². The van der Waals surface area contributed by atoms with Crippen LogP contribution >= 0.6 is 0 Å². The molecule has 2 aromatic rings. The standard InChI is InChI=1S/C14H13NO3/c16-14(17)13-3-1-11(2-4-13)9-18-10-12-5-7-15-8-6-12/h1-8H,9-10H2,(H,16,17). The Kier molecular flexibility index (Phi) is 4.04. The number of carboxylic acid groups (broad SMARTS) is 1. The van der Waals surface area contributed by atoms with Crippen LogP contribution in [0, 0.1) is 0 Å². The molecule has 0 aliphatic rings. The van der Waals surface area contributed by atoms with Crippen molar-refractivity contribution >= 4 is 5.97 Å². The van der Waals surface area contributed by atoms with E-state index in [1.165, 1.54) is 0 Å². The van der Waals surface area contributed by atoms with E-state index in [9.17, 15) is 4.79 Å². The highest BCUT2D eigenvalue weighted by atomic mass is 16.5.